The number of hydrogen-bond donors (Lipinski definition) is 1. The van der Waals surface area contributed by atoms with Gasteiger partial charge in [0.15, 0.2) is 11.4 Å². The number of halogens is 3. The van der Waals surface area contributed by atoms with Crippen molar-refractivity contribution in [1.29, 1.82) is 10.0 Å². The maximum absolute atomic E-state index is 13.7. The predicted molar refractivity (Wildman–Crippen MR) is 121 cm³/mol. The number of ether oxygens (including phenoxy) is 1. The lowest BCUT2D eigenvalue weighted by molar-refractivity contribution is -0.144. The molecule has 9 nitrogen and oxygen atoms in total. The molecular formula is C22H23F3N6O3S. The van der Waals surface area contributed by atoms with Crippen LogP contribution in [0.1, 0.15) is 45.3 Å². The summed E-state index contributed by atoms with van der Waals surface area (Å²) < 4.78 is 70.4. The van der Waals surface area contributed by atoms with E-state index in [0.717, 1.165) is 10.6 Å². The molecule has 186 valence electrons. The molecule has 35 heavy (non-hydrogen) atoms. The number of pyridine rings is 2. The summed E-state index contributed by atoms with van der Waals surface area (Å²) >= 11 is 0. The molecule has 1 fully saturated rings. The number of nitriles is 1. The SMILES string of the molecule is CC[S@@](=N)(=O)c1cc(OC(C)(C)C#N)cnc1-c1nc2cc(C(F)(F)F)n(C3CC3)c(=O)c2n1C. The molecule has 0 aliphatic heterocycles. The predicted octanol–water partition coefficient (Wildman–Crippen LogP) is 4.26. The molecule has 1 aliphatic rings. The Kier molecular flexibility index (Phi) is 5.71. The molecule has 0 bridgehead atoms. The first-order chi connectivity index (χ1) is 16.2. The molecule has 1 aliphatic carbocycles. The topological polar surface area (TPSA) is 127 Å². The third-order valence-corrected chi connectivity index (χ3v) is 7.56. The zero-order valence-corrected chi connectivity index (χ0v) is 20.3. The smallest absolute Gasteiger partial charge is 0.431 e. The molecule has 0 spiro atoms. The quantitative estimate of drug-likeness (QED) is 0.530. The molecule has 0 radical (unpaired) electrons. The van der Waals surface area contributed by atoms with Crippen LogP contribution in [0.4, 0.5) is 13.2 Å². The van der Waals surface area contributed by atoms with Crippen molar-refractivity contribution in [3.63, 3.8) is 0 Å². The van der Waals surface area contributed by atoms with Gasteiger partial charge in [-0.05, 0) is 32.8 Å². The Morgan fingerprint density at radius 2 is 1.97 bits per heavy atom. The number of fused-ring (bicyclic) bond motifs is 1. The van der Waals surface area contributed by atoms with Crippen LogP contribution in [0.5, 0.6) is 5.75 Å². The minimum Gasteiger partial charge on any atom is -0.471 e. The number of nitrogens with zero attached hydrogens (tertiary/aromatic N) is 5. The van der Waals surface area contributed by atoms with Crippen molar-refractivity contribution in [2.75, 3.05) is 5.75 Å². The van der Waals surface area contributed by atoms with Gasteiger partial charge in [0.1, 0.15) is 28.7 Å². The maximum Gasteiger partial charge on any atom is 0.431 e. The van der Waals surface area contributed by atoms with Gasteiger partial charge in [-0.15, -0.1) is 0 Å². The van der Waals surface area contributed by atoms with Gasteiger partial charge in [0.25, 0.3) is 5.56 Å². The molecule has 3 heterocycles. The average Bonchev–Trinajstić information content (AvgIpc) is 3.55. The largest absolute Gasteiger partial charge is 0.471 e. The van der Waals surface area contributed by atoms with Crippen LogP contribution in [0.3, 0.4) is 0 Å². The molecule has 0 unspecified atom stereocenters. The first-order valence-electron chi connectivity index (χ1n) is 10.8. The number of alkyl halides is 3. The summed E-state index contributed by atoms with van der Waals surface area (Å²) in [6.45, 7) is 4.59. The first kappa shape index (κ1) is 24.7. The van der Waals surface area contributed by atoms with Gasteiger partial charge in [-0.1, -0.05) is 6.92 Å². The number of aromatic nitrogens is 4. The average molecular weight is 509 g/mol. The van der Waals surface area contributed by atoms with Crippen LogP contribution < -0.4 is 10.3 Å². The van der Waals surface area contributed by atoms with Crippen LogP contribution in [-0.2, 0) is 23.0 Å². The Morgan fingerprint density at radius 3 is 2.51 bits per heavy atom. The summed E-state index contributed by atoms with van der Waals surface area (Å²) in [4.78, 5) is 21.6. The summed E-state index contributed by atoms with van der Waals surface area (Å²) in [6, 6.07) is 3.60. The molecular weight excluding hydrogens is 485 g/mol. The van der Waals surface area contributed by atoms with E-state index < -0.39 is 38.8 Å². The highest BCUT2D eigenvalue weighted by Crippen LogP contribution is 2.40. The normalized spacial score (nSPS) is 16.2. The number of rotatable bonds is 6. The van der Waals surface area contributed by atoms with E-state index in [2.05, 4.69) is 9.97 Å². The summed E-state index contributed by atoms with van der Waals surface area (Å²) in [5.41, 5.74) is -3.36. The zero-order chi connectivity index (χ0) is 25.9. The van der Waals surface area contributed by atoms with Gasteiger partial charge in [-0.3, -0.25) is 9.36 Å². The van der Waals surface area contributed by atoms with E-state index in [1.165, 1.54) is 37.7 Å². The molecule has 1 atom stereocenters. The monoisotopic (exact) mass is 508 g/mol. The molecule has 1 N–H and O–H groups in total. The lowest BCUT2D eigenvalue weighted by Gasteiger charge is -2.19. The number of hydrogen-bond acceptors (Lipinski definition) is 7. The minimum absolute atomic E-state index is 0.00621. The van der Waals surface area contributed by atoms with Crippen molar-refractivity contribution < 1.29 is 22.1 Å². The number of imidazole rings is 1. The van der Waals surface area contributed by atoms with Gasteiger partial charge in [-0.25, -0.2) is 19.0 Å². The van der Waals surface area contributed by atoms with E-state index in [-0.39, 0.29) is 38.9 Å². The van der Waals surface area contributed by atoms with Crippen LogP contribution in [-0.4, -0.2) is 34.7 Å². The van der Waals surface area contributed by atoms with Crippen LogP contribution in [0, 0.1) is 16.1 Å². The highest BCUT2D eigenvalue weighted by Gasteiger charge is 2.40. The van der Waals surface area contributed by atoms with Gasteiger partial charge in [0, 0.05) is 24.9 Å². The molecule has 0 saturated heterocycles. The molecule has 1 saturated carbocycles. The van der Waals surface area contributed by atoms with Crippen molar-refractivity contribution in [2.45, 2.75) is 56.3 Å². The summed E-state index contributed by atoms with van der Waals surface area (Å²) in [7, 11) is -1.95. The third kappa shape index (κ3) is 4.38. The second-order valence-electron chi connectivity index (χ2n) is 8.87. The fraction of sp³-hybridized carbons (Fsp3) is 0.455. The molecule has 0 aromatic carbocycles. The molecule has 3 aromatic heterocycles. The number of nitrogens with one attached hydrogen (secondary N) is 1. The fourth-order valence-corrected chi connectivity index (χ4v) is 4.87. The summed E-state index contributed by atoms with van der Waals surface area (Å²) in [5, 5.41) is 9.24. The second kappa shape index (κ2) is 8.08. The van der Waals surface area contributed by atoms with E-state index in [1.54, 1.807) is 6.92 Å². The highest BCUT2D eigenvalue weighted by atomic mass is 32.2. The van der Waals surface area contributed by atoms with Crippen molar-refractivity contribution >= 4 is 20.8 Å². The van der Waals surface area contributed by atoms with Crippen LogP contribution in [0.25, 0.3) is 22.6 Å². The van der Waals surface area contributed by atoms with E-state index in [9.17, 15) is 27.4 Å². The van der Waals surface area contributed by atoms with E-state index >= 15 is 0 Å². The molecule has 0 amide bonds. The van der Waals surface area contributed by atoms with Gasteiger partial charge >= 0.3 is 6.18 Å². The Labute approximate surface area is 199 Å². The summed E-state index contributed by atoms with van der Waals surface area (Å²) in [5.74, 6) is 0.00916. The second-order valence-corrected chi connectivity index (χ2v) is 11.2. The zero-order valence-electron chi connectivity index (χ0n) is 19.4. The Balaban J connectivity index is 1.99. The Bertz CT molecular complexity index is 1540. The van der Waals surface area contributed by atoms with Crippen molar-refractivity contribution in [3.8, 4) is 23.3 Å². The van der Waals surface area contributed by atoms with Crippen molar-refractivity contribution in [3.05, 3.63) is 34.4 Å². The Hall–Kier alpha value is -3.40. The first-order valence-corrected chi connectivity index (χ1v) is 12.5. The van der Waals surface area contributed by atoms with Gasteiger partial charge in [0.2, 0.25) is 0 Å². The third-order valence-electron chi connectivity index (χ3n) is 5.72. The summed E-state index contributed by atoms with van der Waals surface area (Å²) in [6.07, 6.45) is -2.54. The van der Waals surface area contributed by atoms with Gasteiger partial charge in [-0.2, -0.15) is 18.4 Å². The lowest BCUT2D eigenvalue weighted by Crippen LogP contribution is -2.28. The number of aryl methyl sites for hydroxylation is 1. The molecule has 3 aromatic rings. The van der Waals surface area contributed by atoms with Crippen LogP contribution in [0.15, 0.2) is 28.0 Å². The van der Waals surface area contributed by atoms with Crippen molar-refractivity contribution in [1.82, 2.24) is 19.1 Å². The molecule has 13 heteroatoms. The van der Waals surface area contributed by atoms with Gasteiger partial charge in [0.05, 0.1) is 26.3 Å². The lowest BCUT2D eigenvalue weighted by atomic mass is 10.2. The highest BCUT2D eigenvalue weighted by molar-refractivity contribution is 7.92. The standard InChI is InChI=1S/C22H23F3N6O3S/c1-5-35(27,33)15-8-13(34-21(2,3)11-26)10-28-17(15)19-29-14-9-16(22(23,24)25)31(12-6-7-12)20(32)18(14)30(19)4/h8-10,12,27H,5-7H2,1-4H3/t35-/m1/s1. The minimum atomic E-state index is -4.75. The van der Waals surface area contributed by atoms with Gasteiger partial charge < -0.3 is 9.30 Å². The van der Waals surface area contributed by atoms with Crippen LogP contribution >= 0.6 is 0 Å². The van der Waals surface area contributed by atoms with E-state index in [4.69, 9.17) is 9.52 Å². The fourth-order valence-electron chi connectivity index (χ4n) is 3.80. The van der Waals surface area contributed by atoms with Crippen molar-refractivity contribution in [2.24, 2.45) is 7.05 Å². The van der Waals surface area contributed by atoms with Crippen LogP contribution in [0.2, 0.25) is 0 Å². The maximum atomic E-state index is 13.7. The van der Waals surface area contributed by atoms with E-state index in [0.29, 0.717) is 12.8 Å². The Morgan fingerprint density at radius 1 is 1.31 bits per heavy atom. The van der Waals surface area contributed by atoms with E-state index in [1.807, 2.05) is 6.07 Å². The molecule has 4 rings (SSSR count).